The van der Waals surface area contributed by atoms with Gasteiger partial charge in [-0.15, -0.1) is 0 Å². The molecule has 0 unspecified atom stereocenters. The Morgan fingerprint density at radius 2 is 1.86 bits per heavy atom. The van der Waals surface area contributed by atoms with Crippen molar-refractivity contribution in [2.45, 2.75) is 6.92 Å². The van der Waals surface area contributed by atoms with Crippen molar-refractivity contribution >= 4 is 21.4 Å². The lowest BCUT2D eigenvalue weighted by molar-refractivity contribution is -0.385. The molecule has 0 fully saturated rings. The fourth-order valence-electron chi connectivity index (χ4n) is 1.71. The number of hydrogen-bond donors (Lipinski definition) is 0. The largest absolute Gasteiger partial charge is 0.289 e. The van der Waals surface area contributed by atoms with Gasteiger partial charge in [0.15, 0.2) is 9.84 Å². The number of hydrogen-bond acceptors (Lipinski definition) is 5. The lowest BCUT2D eigenvalue weighted by Gasteiger charge is -2.16. The summed E-state index contributed by atoms with van der Waals surface area (Å²) in [5, 5.41) is 12.3. The summed E-state index contributed by atoms with van der Waals surface area (Å²) in [5.74, 6) is -1.84. The minimum absolute atomic E-state index is 0.261. The van der Waals surface area contributed by atoms with Gasteiger partial charge in [-0.05, 0) is 13.0 Å². The van der Waals surface area contributed by atoms with E-state index in [2.05, 4.69) is 0 Å². The third kappa shape index (κ3) is 2.82. The van der Waals surface area contributed by atoms with Crippen LogP contribution < -0.4 is 0 Å². The summed E-state index contributed by atoms with van der Waals surface area (Å²) in [4.78, 5) is 22.9. The molecule has 1 amide bonds. The van der Waals surface area contributed by atoms with Gasteiger partial charge in [0.25, 0.3) is 11.6 Å². The van der Waals surface area contributed by atoms with Crippen LogP contribution in [0.2, 0.25) is 0 Å². The van der Waals surface area contributed by atoms with Gasteiger partial charge in [-0.25, -0.2) is 12.8 Å². The molecule has 110 valence electrons. The molecule has 0 saturated carbocycles. The van der Waals surface area contributed by atoms with Crippen molar-refractivity contribution in [3.05, 3.63) is 62.4 Å². The van der Waals surface area contributed by atoms with Crippen LogP contribution >= 0.6 is 0 Å². The minimum Gasteiger partial charge on any atom is -0.289 e. The van der Waals surface area contributed by atoms with Gasteiger partial charge in [-0.2, -0.15) is 0 Å². The van der Waals surface area contributed by atoms with Crippen molar-refractivity contribution in [1.82, 2.24) is 4.90 Å². The zero-order valence-electron chi connectivity index (χ0n) is 10.7. The number of carbonyl (C=O) groups is 1. The molecular weight excluding hydrogens is 303 g/mol. The number of benzene rings is 1. The summed E-state index contributed by atoms with van der Waals surface area (Å²) in [5.41, 5.74) is -1.08. The highest BCUT2D eigenvalue weighted by Gasteiger charge is 2.24. The van der Waals surface area contributed by atoms with E-state index in [0.29, 0.717) is 0 Å². The number of nitro groups is 1. The van der Waals surface area contributed by atoms with Crippen LogP contribution in [0.5, 0.6) is 0 Å². The lowest BCUT2D eigenvalue weighted by atomic mass is 10.1. The molecule has 7 nitrogen and oxygen atoms in total. The zero-order valence-corrected chi connectivity index (χ0v) is 11.5. The summed E-state index contributed by atoms with van der Waals surface area (Å²) in [6.07, 6.45) is 1.96. The van der Waals surface area contributed by atoms with E-state index in [1.807, 2.05) is 0 Å². The topological polar surface area (TPSA) is 97.6 Å². The van der Waals surface area contributed by atoms with Gasteiger partial charge < -0.3 is 0 Å². The quantitative estimate of drug-likeness (QED) is 0.613. The van der Waals surface area contributed by atoms with Gasteiger partial charge in [0.05, 0.1) is 26.9 Å². The molecule has 0 spiro atoms. The summed E-state index contributed by atoms with van der Waals surface area (Å²) in [6, 6.07) is 2.02. The zero-order chi connectivity index (χ0) is 15.8. The smallest absolute Gasteiger partial charge is 0.275 e. The Morgan fingerprint density at radius 3 is 2.38 bits per heavy atom. The molecule has 1 aromatic carbocycles. The van der Waals surface area contributed by atoms with Crippen LogP contribution in [-0.2, 0) is 9.84 Å². The Labute approximate surface area is 119 Å². The van der Waals surface area contributed by atoms with Gasteiger partial charge in [0.1, 0.15) is 5.82 Å². The SMILES string of the molecule is Cc1c([N+](=O)[O-])ccc(C(=O)N2C=CS(=O)(=O)C=C2)c1F. The van der Waals surface area contributed by atoms with Crippen LogP contribution in [-0.4, -0.2) is 24.1 Å². The van der Waals surface area contributed by atoms with Crippen LogP contribution in [0, 0.1) is 22.9 Å². The third-order valence-corrected chi connectivity index (χ3v) is 3.84. The average Bonchev–Trinajstić information content (AvgIpc) is 2.40. The Balaban J connectivity index is 2.40. The molecule has 0 aromatic heterocycles. The highest BCUT2D eigenvalue weighted by atomic mass is 32.2. The molecule has 2 rings (SSSR count). The number of carbonyl (C=O) groups excluding carboxylic acids is 1. The highest BCUT2D eigenvalue weighted by molar-refractivity contribution is 7.97. The second-order valence-corrected chi connectivity index (χ2v) is 5.92. The van der Waals surface area contributed by atoms with Gasteiger partial charge >= 0.3 is 0 Å². The van der Waals surface area contributed by atoms with Crippen molar-refractivity contribution in [1.29, 1.82) is 0 Å². The number of nitro benzene ring substituents is 1. The predicted octanol–water partition coefficient (Wildman–Crippen LogP) is 1.86. The van der Waals surface area contributed by atoms with Crippen LogP contribution in [0.3, 0.4) is 0 Å². The molecule has 21 heavy (non-hydrogen) atoms. The molecule has 0 aliphatic carbocycles. The van der Waals surface area contributed by atoms with Crippen molar-refractivity contribution in [2.24, 2.45) is 0 Å². The summed E-state index contributed by atoms with van der Waals surface area (Å²) >= 11 is 0. The average molecular weight is 312 g/mol. The first-order valence-electron chi connectivity index (χ1n) is 5.60. The molecule has 1 heterocycles. The van der Waals surface area contributed by atoms with E-state index in [0.717, 1.165) is 40.2 Å². The number of amides is 1. The number of nitrogens with zero attached hydrogens (tertiary/aromatic N) is 2. The maximum Gasteiger partial charge on any atom is 0.275 e. The predicted molar refractivity (Wildman–Crippen MR) is 71.2 cm³/mol. The maximum absolute atomic E-state index is 14.1. The molecule has 0 N–H and O–H groups in total. The van der Waals surface area contributed by atoms with E-state index in [1.165, 1.54) is 6.92 Å². The molecule has 0 bridgehead atoms. The first kappa shape index (κ1) is 14.9. The number of halogens is 1. The normalized spacial score (nSPS) is 16.0. The van der Waals surface area contributed by atoms with E-state index in [-0.39, 0.29) is 11.1 Å². The second kappa shape index (κ2) is 5.09. The van der Waals surface area contributed by atoms with Gasteiger partial charge in [-0.1, -0.05) is 0 Å². The van der Waals surface area contributed by atoms with E-state index in [4.69, 9.17) is 0 Å². The number of sulfone groups is 1. The molecular formula is C12H9FN2O5S. The van der Waals surface area contributed by atoms with E-state index in [9.17, 15) is 27.7 Å². The Kier molecular flexibility index (Phi) is 3.60. The standard InChI is InChI=1S/C12H9FN2O5S/c1-8-10(15(17)18)3-2-9(11(8)13)12(16)14-4-6-21(19,20)7-5-14/h2-7H,1H3. The molecule has 1 aliphatic heterocycles. The highest BCUT2D eigenvalue weighted by Crippen LogP contribution is 2.24. The van der Waals surface area contributed by atoms with Crippen LogP contribution in [0.15, 0.2) is 35.3 Å². The fourth-order valence-corrected chi connectivity index (χ4v) is 2.40. The Bertz CT molecular complexity index is 778. The van der Waals surface area contributed by atoms with Crippen LogP contribution in [0.4, 0.5) is 10.1 Å². The van der Waals surface area contributed by atoms with E-state index in [1.54, 1.807) is 0 Å². The van der Waals surface area contributed by atoms with Crippen molar-refractivity contribution < 1.29 is 22.5 Å². The van der Waals surface area contributed by atoms with Crippen molar-refractivity contribution in [2.75, 3.05) is 0 Å². The molecule has 1 aliphatic rings. The summed E-state index contributed by atoms with van der Waals surface area (Å²) in [7, 11) is -3.51. The van der Waals surface area contributed by atoms with E-state index < -0.39 is 32.2 Å². The Morgan fingerprint density at radius 1 is 1.29 bits per heavy atom. The third-order valence-electron chi connectivity index (χ3n) is 2.84. The van der Waals surface area contributed by atoms with Gasteiger partial charge in [-0.3, -0.25) is 19.8 Å². The monoisotopic (exact) mass is 312 g/mol. The van der Waals surface area contributed by atoms with Crippen molar-refractivity contribution in [3.63, 3.8) is 0 Å². The Hall–Kier alpha value is -2.55. The molecule has 9 heteroatoms. The fraction of sp³-hybridized carbons (Fsp3) is 0.0833. The second-order valence-electron chi connectivity index (χ2n) is 4.20. The molecule has 0 atom stereocenters. The molecule has 0 radical (unpaired) electrons. The minimum atomic E-state index is -3.51. The summed E-state index contributed by atoms with van der Waals surface area (Å²) in [6.45, 7) is 1.19. The van der Waals surface area contributed by atoms with Crippen LogP contribution in [0.25, 0.3) is 0 Å². The lowest BCUT2D eigenvalue weighted by Crippen LogP contribution is -2.24. The maximum atomic E-state index is 14.1. The van der Waals surface area contributed by atoms with Gasteiger partial charge in [0, 0.05) is 18.5 Å². The van der Waals surface area contributed by atoms with Gasteiger partial charge in [0.2, 0.25) is 0 Å². The first-order valence-corrected chi connectivity index (χ1v) is 7.21. The number of rotatable bonds is 2. The molecule has 0 saturated heterocycles. The molecule has 1 aromatic rings. The summed E-state index contributed by atoms with van der Waals surface area (Å²) < 4.78 is 36.3. The van der Waals surface area contributed by atoms with E-state index >= 15 is 0 Å². The first-order chi connectivity index (χ1) is 9.73. The van der Waals surface area contributed by atoms with Crippen molar-refractivity contribution in [3.8, 4) is 0 Å². The van der Waals surface area contributed by atoms with Crippen LogP contribution in [0.1, 0.15) is 15.9 Å².